The van der Waals surface area contributed by atoms with E-state index in [-0.39, 0.29) is 0 Å². The molecule has 0 aliphatic heterocycles. The van der Waals surface area contributed by atoms with Gasteiger partial charge in [0.25, 0.3) is 0 Å². The second-order valence-corrected chi connectivity index (χ2v) is 5.56. The van der Waals surface area contributed by atoms with Crippen LogP contribution < -0.4 is 10.5 Å². The van der Waals surface area contributed by atoms with Gasteiger partial charge in [0.15, 0.2) is 0 Å². The van der Waals surface area contributed by atoms with Crippen LogP contribution in [0.5, 0.6) is 11.5 Å². The molecule has 2 aromatic rings. The summed E-state index contributed by atoms with van der Waals surface area (Å²) < 4.78 is 5.85. The van der Waals surface area contributed by atoms with Crippen LogP contribution in [0.25, 0.3) is 0 Å². The highest BCUT2D eigenvalue weighted by molar-refractivity contribution is 5.37. The summed E-state index contributed by atoms with van der Waals surface area (Å²) in [6, 6.07) is 16.6. The number of aryl methyl sites for hydroxylation is 2. The van der Waals surface area contributed by atoms with Gasteiger partial charge in [-0.1, -0.05) is 31.2 Å². The Balaban J connectivity index is 1.94. The molecule has 2 rings (SSSR count). The lowest BCUT2D eigenvalue weighted by Crippen LogP contribution is -2.18. The molecule has 0 aliphatic carbocycles. The molecule has 0 aromatic heterocycles. The zero-order valence-electron chi connectivity index (χ0n) is 13.0. The van der Waals surface area contributed by atoms with Gasteiger partial charge in [0.1, 0.15) is 11.5 Å². The molecule has 1 unspecified atom stereocenters. The molecule has 0 heterocycles. The van der Waals surface area contributed by atoms with E-state index in [9.17, 15) is 0 Å². The smallest absolute Gasteiger partial charge is 0.127 e. The molecule has 0 bridgehead atoms. The van der Waals surface area contributed by atoms with Gasteiger partial charge >= 0.3 is 0 Å². The second kappa shape index (κ2) is 7.84. The van der Waals surface area contributed by atoms with E-state index in [4.69, 9.17) is 10.5 Å². The predicted molar refractivity (Wildman–Crippen MR) is 88.9 cm³/mol. The van der Waals surface area contributed by atoms with Gasteiger partial charge in [0.05, 0.1) is 0 Å². The zero-order valence-corrected chi connectivity index (χ0v) is 13.0. The van der Waals surface area contributed by atoms with Gasteiger partial charge in [-0.2, -0.15) is 0 Å². The third kappa shape index (κ3) is 4.91. The van der Waals surface area contributed by atoms with Crippen molar-refractivity contribution < 1.29 is 4.74 Å². The minimum absolute atomic E-state index is 0.339. The fraction of sp³-hybridized carbons (Fsp3) is 0.368. The summed E-state index contributed by atoms with van der Waals surface area (Å²) in [5.74, 6) is 1.77. The minimum Gasteiger partial charge on any atom is -0.457 e. The number of hydrogen-bond donors (Lipinski definition) is 1. The summed E-state index contributed by atoms with van der Waals surface area (Å²) >= 11 is 0. The molecular weight excluding hydrogens is 258 g/mol. The fourth-order valence-electron chi connectivity index (χ4n) is 2.40. The molecule has 0 amide bonds. The van der Waals surface area contributed by atoms with E-state index in [0.29, 0.717) is 6.04 Å². The minimum atomic E-state index is 0.339. The van der Waals surface area contributed by atoms with E-state index in [0.717, 1.165) is 37.2 Å². The number of hydrogen-bond acceptors (Lipinski definition) is 2. The molecule has 2 N–H and O–H groups in total. The van der Waals surface area contributed by atoms with Crippen LogP contribution in [0.3, 0.4) is 0 Å². The summed E-state index contributed by atoms with van der Waals surface area (Å²) in [6.07, 6.45) is 4.39. The first kappa shape index (κ1) is 15.6. The number of nitrogens with two attached hydrogens (primary N) is 1. The Kier molecular flexibility index (Phi) is 5.82. The topological polar surface area (TPSA) is 35.2 Å². The molecule has 0 spiro atoms. The molecule has 2 nitrogen and oxygen atoms in total. The van der Waals surface area contributed by atoms with Crippen LogP contribution in [0.4, 0.5) is 0 Å². The normalized spacial score (nSPS) is 12.1. The molecule has 2 aromatic carbocycles. The van der Waals surface area contributed by atoms with E-state index < -0.39 is 0 Å². The van der Waals surface area contributed by atoms with Gasteiger partial charge in [-0.3, -0.25) is 0 Å². The number of rotatable bonds is 7. The summed E-state index contributed by atoms with van der Waals surface area (Å²) in [4.78, 5) is 0. The lowest BCUT2D eigenvalue weighted by molar-refractivity contribution is 0.482. The van der Waals surface area contributed by atoms with Crippen molar-refractivity contribution in [2.45, 2.75) is 45.6 Å². The Morgan fingerprint density at radius 2 is 1.81 bits per heavy atom. The Hall–Kier alpha value is -1.80. The zero-order chi connectivity index (χ0) is 15.1. The van der Waals surface area contributed by atoms with Crippen molar-refractivity contribution in [2.75, 3.05) is 0 Å². The standard InChI is InChI=1S/C19H25NO/c1-3-17(20)9-7-8-16-12-13-19(14-15(16)2)21-18-10-5-4-6-11-18/h4-6,10-14,17H,3,7-9,20H2,1-2H3. The number of para-hydroxylation sites is 1. The van der Waals surface area contributed by atoms with E-state index in [1.165, 1.54) is 11.1 Å². The fourth-order valence-corrected chi connectivity index (χ4v) is 2.40. The van der Waals surface area contributed by atoms with Crippen LogP contribution in [0.15, 0.2) is 48.5 Å². The molecule has 0 fully saturated rings. The van der Waals surface area contributed by atoms with Crippen LogP contribution in [-0.4, -0.2) is 6.04 Å². The largest absolute Gasteiger partial charge is 0.457 e. The summed E-state index contributed by atoms with van der Waals surface area (Å²) in [5.41, 5.74) is 8.64. The van der Waals surface area contributed by atoms with Gasteiger partial charge < -0.3 is 10.5 Å². The Labute approximate surface area is 127 Å². The molecule has 0 saturated carbocycles. The monoisotopic (exact) mass is 283 g/mol. The average molecular weight is 283 g/mol. The molecule has 0 radical (unpaired) electrons. The van der Waals surface area contributed by atoms with Crippen LogP contribution in [0.1, 0.15) is 37.3 Å². The van der Waals surface area contributed by atoms with Gasteiger partial charge in [-0.25, -0.2) is 0 Å². The highest BCUT2D eigenvalue weighted by atomic mass is 16.5. The summed E-state index contributed by atoms with van der Waals surface area (Å²) in [7, 11) is 0. The van der Waals surface area contributed by atoms with Crippen molar-refractivity contribution >= 4 is 0 Å². The molecule has 1 atom stereocenters. The highest BCUT2D eigenvalue weighted by Gasteiger charge is 2.04. The van der Waals surface area contributed by atoms with Crippen molar-refractivity contribution in [3.05, 3.63) is 59.7 Å². The van der Waals surface area contributed by atoms with Crippen molar-refractivity contribution in [1.29, 1.82) is 0 Å². The van der Waals surface area contributed by atoms with Crippen molar-refractivity contribution in [3.63, 3.8) is 0 Å². The first-order valence-corrected chi connectivity index (χ1v) is 7.77. The first-order valence-electron chi connectivity index (χ1n) is 7.77. The van der Waals surface area contributed by atoms with Gasteiger partial charge in [-0.05, 0) is 68.0 Å². The maximum Gasteiger partial charge on any atom is 0.127 e. The number of benzene rings is 2. The Morgan fingerprint density at radius 1 is 1.05 bits per heavy atom. The van der Waals surface area contributed by atoms with Crippen LogP contribution in [-0.2, 0) is 6.42 Å². The third-order valence-electron chi connectivity index (χ3n) is 3.84. The van der Waals surface area contributed by atoms with E-state index in [2.05, 4.69) is 32.0 Å². The lowest BCUT2D eigenvalue weighted by Gasteiger charge is -2.11. The van der Waals surface area contributed by atoms with Gasteiger partial charge in [-0.15, -0.1) is 0 Å². The van der Waals surface area contributed by atoms with Gasteiger partial charge in [0, 0.05) is 6.04 Å². The molecule has 0 aliphatic rings. The van der Waals surface area contributed by atoms with Crippen LogP contribution >= 0.6 is 0 Å². The SMILES string of the molecule is CCC(N)CCCc1ccc(Oc2ccccc2)cc1C. The molecule has 21 heavy (non-hydrogen) atoms. The Morgan fingerprint density at radius 3 is 2.48 bits per heavy atom. The lowest BCUT2D eigenvalue weighted by atomic mass is 10.00. The van der Waals surface area contributed by atoms with E-state index in [1.54, 1.807) is 0 Å². The van der Waals surface area contributed by atoms with E-state index in [1.807, 2.05) is 30.3 Å². The molecule has 0 saturated heterocycles. The molecular formula is C19H25NO. The van der Waals surface area contributed by atoms with Crippen molar-refractivity contribution in [3.8, 4) is 11.5 Å². The van der Waals surface area contributed by atoms with Gasteiger partial charge in [0.2, 0.25) is 0 Å². The predicted octanol–water partition coefficient (Wildman–Crippen LogP) is 4.85. The number of ether oxygens (including phenoxy) is 1. The highest BCUT2D eigenvalue weighted by Crippen LogP contribution is 2.24. The molecule has 2 heteroatoms. The maximum atomic E-state index is 5.97. The molecule has 112 valence electrons. The van der Waals surface area contributed by atoms with E-state index >= 15 is 0 Å². The average Bonchev–Trinajstić information content (AvgIpc) is 2.50. The quantitative estimate of drug-likeness (QED) is 0.788. The van der Waals surface area contributed by atoms with Crippen molar-refractivity contribution in [1.82, 2.24) is 0 Å². The maximum absolute atomic E-state index is 5.97. The van der Waals surface area contributed by atoms with Crippen LogP contribution in [0, 0.1) is 6.92 Å². The van der Waals surface area contributed by atoms with Crippen molar-refractivity contribution in [2.24, 2.45) is 5.73 Å². The summed E-state index contributed by atoms with van der Waals surface area (Å²) in [5, 5.41) is 0. The second-order valence-electron chi connectivity index (χ2n) is 5.56. The first-order chi connectivity index (χ1) is 10.2. The Bertz CT molecular complexity index is 551. The van der Waals surface area contributed by atoms with Crippen LogP contribution in [0.2, 0.25) is 0 Å². The summed E-state index contributed by atoms with van der Waals surface area (Å²) in [6.45, 7) is 4.29. The third-order valence-corrected chi connectivity index (χ3v) is 3.84.